The fourth-order valence-electron chi connectivity index (χ4n) is 2.64. The average molecular weight is 378 g/mol. The fraction of sp³-hybridized carbons (Fsp3) is 0.533. The highest BCUT2D eigenvalue weighted by atomic mass is 79.9. The standard InChI is InChI=1S/C15H21BrN2O2.ClH/c1-9-6-7-17-10(2)14(9)18-15(19)12-8-11(20-3)4-5-13(12)16;/h4-5,8-10,14,17H,6-7H2,1-3H3,(H,18,19);1H. The number of methoxy groups -OCH3 is 1. The third-order valence-corrected chi connectivity index (χ3v) is 4.63. The Bertz CT molecular complexity index is 489. The van der Waals surface area contributed by atoms with Gasteiger partial charge in [-0.2, -0.15) is 0 Å². The van der Waals surface area contributed by atoms with Crippen LogP contribution in [0.25, 0.3) is 0 Å². The first kappa shape index (κ1) is 18.3. The molecule has 1 amide bonds. The lowest BCUT2D eigenvalue weighted by atomic mass is 9.89. The third-order valence-electron chi connectivity index (χ3n) is 3.93. The number of hydrogen-bond acceptors (Lipinski definition) is 3. The van der Waals surface area contributed by atoms with Crippen molar-refractivity contribution >= 4 is 34.2 Å². The topological polar surface area (TPSA) is 50.4 Å². The van der Waals surface area contributed by atoms with E-state index < -0.39 is 0 Å². The number of nitrogens with one attached hydrogen (secondary N) is 2. The molecule has 1 aliphatic rings. The fourth-order valence-corrected chi connectivity index (χ4v) is 3.07. The molecule has 2 N–H and O–H groups in total. The molecule has 118 valence electrons. The molecule has 0 spiro atoms. The van der Waals surface area contributed by atoms with E-state index in [4.69, 9.17) is 4.74 Å². The second-order valence-corrected chi connectivity index (χ2v) is 6.21. The molecule has 1 aromatic carbocycles. The summed E-state index contributed by atoms with van der Waals surface area (Å²) in [6, 6.07) is 5.85. The number of carbonyl (C=O) groups is 1. The molecule has 1 fully saturated rings. The lowest BCUT2D eigenvalue weighted by Crippen LogP contribution is -2.55. The van der Waals surface area contributed by atoms with Crippen LogP contribution in [0.5, 0.6) is 5.75 Å². The molecule has 0 aliphatic carbocycles. The Balaban J connectivity index is 0.00000220. The van der Waals surface area contributed by atoms with E-state index in [1.807, 2.05) is 12.1 Å². The van der Waals surface area contributed by atoms with Crippen molar-refractivity contribution in [1.82, 2.24) is 10.6 Å². The van der Waals surface area contributed by atoms with Crippen molar-refractivity contribution in [3.05, 3.63) is 28.2 Å². The number of benzene rings is 1. The van der Waals surface area contributed by atoms with Crippen molar-refractivity contribution in [3.8, 4) is 5.75 Å². The summed E-state index contributed by atoms with van der Waals surface area (Å²) in [6.45, 7) is 5.31. The summed E-state index contributed by atoms with van der Waals surface area (Å²) in [5.74, 6) is 1.09. The van der Waals surface area contributed by atoms with Crippen LogP contribution >= 0.6 is 28.3 Å². The average Bonchev–Trinajstić information content (AvgIpc) is 2.43. The number of amides is 1. The second-order valence-electron chi connectivity index (χ2n) is 5.35. The van der Waals surface area contributed by atoms with E-state index in [-0.39, 0.29) is 30.4 Å². The molecular weight excluding hydrogens is 356 g/mol. The Hall–Kier alpha value is -0.780. The highest BCUT2D eigenvalue weighted by molar-refractivity contribution is 9.10. The minimum atomic E-state index is -0.0665. The largest absolute Gasteiger partial charge is 0.497 e. The molecule has 3 atom stereocenters. The van der Waals surface area contributed by atoms with Gasteiger partial charge in [-0.15, -0.1) is 12.4 Å². The molecule has 3 unspecified atom stereocenters. The van der Waals surface area contributed by atoms with Crippen LogP contribution in [0.4, 0.5) is 0 Å². The molecule has 6 heteroatoms. The van der Waals surface area contributed by atoms with Gasteiger partial charge in [0.05, 0.1) is 12.7 Å². The van der Waals surface area contributed by atoms with Crippen molar-refractivity contribution in [3.63, 3.8) is 0 Å². The minimum Gasteiger partial charge on any atom is -0.497 e. The van der Waals surface area contributed by atoms with Gasteiger partial charge in [0.25, 0.3) is 5.91 Å². The van der Waals surface area contributed by atoms with Gasteiger partial charge in [-0.1, -0.05) is 6.92 Å². The molecule has 2 rings (SSSR count). The van der Waals surface area contributed by atoms with Gasteiger partial charge in [-0.25, -0.2) is 0 Å². The minimum absolute atomic E-state index is 0. The maximum atomic E-state index is 12.5. The number of hydrogen-bond donors (Lipinski definition) is 2. The molecule has 4 nitrogen and oxygen atoms in total. The number of halogens is 2. The lowest BCUT2D eigenvalue weighted by molar-refractivity contribution is 0.0896. The Morgan fingerprint density at radius 2 is 2.14 bits per heavy atom. The zero-order chi connectivity index (χ0) is 14.7. The summed E-state index contributed by atoms with van der Waals surface area (Å²) < 4.78 is 5.96. The van der Waals surface area contributed by atoms with Crippen molar-refractivity contribution in [1.29, 1.82) is 0 Å². The van der Waals surface area contributed by atoms with Gasteiger partial charge in [-0.3, -0.25) is 4.79 Å². The summed E-state index contributed by atoms with van der Waals surface area (Å²) in [5, 5.41) is 6.55. The molecular formula is C15H22BrClN2O2. The molecule has 1 saturated heterocycles. The highest BCUT2D eigenvalue weighted by Crippen LogP contribution is 2.23. The zero-order valence-electron chi connectivity index (χ0n) is 12.5. The first-order valence-corrected chi connectivity index (χ1v) is 7.70. The third kappa shape index (κ3) is 4.34. The number of piperidine rings is 1. The van der Waals surface area contributed by atoms with E-state index in [2.05, 4.69) is 40.4 Å². The highest BCUT2D eigenvalue weighted by Gasteiger charge is 2.29. The van der Waals surface area contributed by atoms with Crippen LogP contribution in [-0.2, 0) is 0 Å². The molecule has 0 bridgehead atoms. The van der Waals surface area contributed by atoms with Crippen LogP contribution in [0, 0.1) is 5.92 Å². The Morgan fingerprint density at radius 3 is 2.76 bits per heavy atom. The quantitative estimate of drug-likeness (QED) is 0.851. The maximum Gasteiger partial charge on any atom is 0.252 e. The van der Waals surface area contributed by atoms with E-state index in [1.54, 1.807) is 13.2 Å². The molecule has 0 radical (unpaired) electrons. The monoisotopic (exact) mass is 376 g/mol. The van der Waals surface area contributed by atoms with E-state index >= 15 is 0 Å². The number of carbonyl (C=O) groups excluding carboxylic acids is 1. The van der Waals surface area contributed by atoms with E-state index in [0.29, 0.717) is 17.2 Å². The van der Waals surface area contributed by atoms with Crippen LogP contribution in [0.1, 0.15) is 30.6 Å². The second kappa shape index (κ2) is 8.01. The molecule has 1 aliphatic heterocycles. The van der Waals surface area contributed by atoms with E-state index in [0.717, 1.165) is 17.4 Å². The first-order chi connectivity index (χ1) is 9.52. The van der Waals surface area contributed by atoms with Gasteiger partial charge in [0.15, 0.2) is 0 Å². The summed E-state index contributed by atoms with van der Waals surface area (Å²) in [7, 11) is 1.60. The number of ether oxygens (including phenoxy) is 1. The molecule has 0 saturated carbocycles. The SMILES string of the molecule is COc1ccc(Br)c(C(=O)NC2C(C)CCNC2C)c1.Cl. The van der Waals surface area contributed by atoms with Gasteiger partial charge < -0.3 is 15.4 Å². The van der Waals surface area contributed by atoms with Gasteiger partial charge in [-0.05, 0) is 59.9 Å². The van der Waals surface area contributed by atoms with Crippen LogP contribution in [0.3, 0.4) is 0 Å². The van der Waals surface area contributed by atoms with Gasteiger partial charge in [0, 0.05) is 16.6 Å². The lowest BCUT2D eigenvalue weighted by Gasteiger charge is -2.36. The smallest absolute Gasteiger partial charge is 0.252 e. The van der Waals surface area contributed by atoms with Crippen molar-refractivity contribution in [2.75, 3.05) is 13.7 Å². The van der Waals surface area contributed by atoms with Gasteiger partial charge >= 0.3 is 0 Å². The van der Waals surface area contributed by atoms with Crippen molar-refractivity contribution in [2.45, 2.75) is 32.4 Å². The van der Waals surface area contributed by atoms with Crippen LogP contribution in [0.2, 0.25) is 0 Å². The summed E-state index contributed by atoms with van der Waals surface area (Å²) >= 11 is 3.42. The Labute approximate surface area is 140 Å². The number of rotatable bonds is 3. The van der Waals surface area contributed by atoms with Crippen LogP contribution in [-0.4, -0.2) is 31.6 Å². The summed E-state index contributed by atoms with van der Waals surface area (Å²) in [6.07, 6.45) is 1.08. The summed E-state index contributed by atoms with van der Waals surface area (Å²) in [4.78, 5) is 12.5. The molecule has 1 heterocycles. The van der Waals surface area contributed by atoms with Gasteiger partial charge in [0.2, 0.25) is 0 Å². The maximum absolute atomic E-state index is 12.5. The van der Waals surface area contributed by atoms with E-state index in [9.17, 15) is 4.79 Å². The van der Waals surface area contributed by atoms with Crippen LogP contribution < -0.4 is 15.4 Å². The normalized spacial score (nSPS) is 24.9. The van der Waals surface area contributed by atoms with Crippen molar-refractivity contribution < 1.29 is 9.53 Å². The zero-order valence-corrected chi connectivity index (χ0v) is 14.9. The first-order valence-electron chi connectivity index (χ1n) is 6.90. The predicted octanol–water partition coefficient (Wildman–Crippen LogP) is 3.00. The van der Waals surface area contributed by atoms with Gasteiger partial charge in [0.1, 0.15) is 5.75 Å². The molecule has 21 heavy (non-hydrogen) atoms. The summed E-state index contributed by atoms with van der Waals surface area (Å²) in [5.41, 5.74) is 0.606. The Kier molecular flexibility index (Phi) is 6.97. The van der Waals surface area contributed by atoms with Crippen molar-refractivity contribution in [2.24, 2.45) is 5.92 Å². The Morgan fingerprint density at radius 1 is 1.43 bits per heavy atom. The molecule has 1 aromatic rings. The molecule has 0 aromatic heterocycles. The van der Waals surface area contributed by atoms with E-state index in [1.165, 1.54) is 0 Å². The van der Waals surface area contributed by atoms with Crippen LogP contribution in [0.15, 0.2) is 22.7 Å². The predicted molar refractivity (Wildman–Crippen MR) is 90.4 cm³/mol.